The lowest BCUT2D eigenvalue weighted by molar-refractivity contribution is 0.0857. The number of carbonyl (C=O) groups is 1. The average Bonchev–Trinajstić information content (AvgIpc) is 2.15. The third-order valence-electron chi connectivity index (χ3n) is 1.64. The van der Waals surface area contributed by atoms with Crippen molar-refractivity contribution in [1.29, 1.82) is 0 Å². The molecule has 0 atom stereocenters. The number of rotatable bonds is 3. The van der Waals surface area contributed by atoms with Crippen molar-refractivity contribution in [3.8, 4) is 0 Å². The van der Waals surface area contributed by atoms with Gasteiger partial charge in [-0.3, -0.25) is 10.2 Å². The fraction of sp³-hybridized carbons (Fsp3) is 0.333. The van der Waals surface area contributed by atoms with Crippen LogP contribution in [0, 0.1) is 0 Å². The molecule has 0 aliphatic heterocycles. The molecule has 1 aromatic heterocycles. The van der Waals surface area contributed by atoms with Gasteiger partial charge in [0.2, 0.25) is 0 Å². The lowest BCUT2D eigenvalue weighted by atomic mass is 10.2. The summed E-state index contributed by atoms with van der Waals surface area (Å²) in [4.78, 5) is 15.6. The monoisotopic (exact) mass is 228 g/mol. The second-order valence-electron chi connectivity index (χ2n) is 3.15. The Hall–Kier alpha value is -1.33. The van der Waals surface area contributed by atoms with Crippen molar-refractivity contribution in [1.82, 2.24) is 15.4 Å². The number of carbonyl (C=O) groups excluding carboxylic acids is 1. The summed E-state index contributed by atoms with van der Waals surface area (Å²) in [5, 5.41) is 4.68. The van der Waals surface area contributed by atoms with Gasteiger partial charge in [0.05, 0.1) is 0 Å². The SMILES string of the molecule is CNc1cc(C(=O)NN(C)C)cc(Cl)n1. The topological polar surface area (TPSA) is 57.3 Å². The lowest BCUT2D eigenvalue weighted by Crippen LogP contribution is -2.36. The number of nitrogens with zero attached hydrogens (tertiary/aromatic N) is 2. The van der Waals surface area contributed by atoms with E-state index < -0.39 is 0 Å². The average molecular weight is 229 g/mol. The predicted octanol–water partition coefficient (Wildman–Crippen LogP) is 0.983. The van der Waals surface area contributed by atoms with E-state index in [1.165, 1.54) is 6.07 Å². The van der Waals surface area contributed by atoms with Crippen LogP contribution in [0.3, 0.4) is 0 Å². The predicted molar refractivity (Wildman–Crippen MR) is 59.9 cm³/mol. The number of aromatic nitrogens is 1. The molecule has 2 N–H and O–H groups in total. The highest BCUT2D eigenvalue weighted by Gasteiger charge is 2.08. The highest BCUT2D eigenvalue weighted by Crippen LogP contribution is 2.13. The molecule has 5 nitrogen and oxygen atoms in total. The molecule has 1 rings (SSSR count). The van der Waals surface area contributed by atoms with E-state index in [-0.39, 0.29) is 11.1 Å². The van der Waals surface area contributed by atoms with Crippen LogP contribution in [0.4, 0.5) is 5.82 Å². The molecule has 0 unspecified atom stereocenters. The highest BCUT2D eigenvalue weighted by atomic mass is 35.5. The maximum atomic E-state index is 11.6. The first kappa shape index (κ1) is 11.7. The summed E-state index contributed by atoms with van der Waals surface area (Å²) in [6, 6.07) is 3.14. The second-order valence-corrected chi connectivity index (χ2v) is 3.54. The molecule has 0 aliphatic carbocycles. The van der Waals surface area contributed by atoms with Crippen LogP contribution in [0.1, 0.15) is 10.4 Å². The molecule has 0 spiro atoms. The van der Waals surface area contributed by atoms with Gasteiger partial charge < -0.3 is 5.32 Å². The van der Waals surface area contributed by atoms with Crippen LogP contribution in [0.2, 0.25) is 5.15 Å². The zero-order valence-corrected chi connectivity index (χ0v) is 9.59. The Labute approximate surface area is 93.4 Å². The van der Waals surface area contributed by atoms with E-state index in [0.29, 0.717) is 11.4 Å². The van der Waals surface area contributed by atoms with Crippen molar-refractivity contribution in [2.24, 2.45) is 0 Å². The first-order valence-corrected chi connectivity index (χ1v) is 4.74. The summed E-state index contributed by atoms with van der Waals surface area (Å²) in [7, 11) is 5.19. The lowest BCUT2D eigenvalue weighted by Gasteiger charge is -2.12. The molecule has 15 heavy (non-hydrogen) atoms. The summed E-state index contributed by atoms with van der Waals surface area (Å²) in [5.41, 5.74) is 3.08. The van der Waals surface area contributed by atoms with Crippen molar-refractivity contribution < 1.29 is 4.79 Å². The van der Waals surface area contributed by atoms with Crippen LogP contribution in [0.5, 0.6) is 0 Å². The Morgan fingerprint density at radius 3 is 2.67 bits per heavy atom. The zero-order valence-electron chi connectivity index (χ0n) is 8.84. The first-order valence-electron chi connectivity index (χ1n) is 4.36. The van der Waals surface area contributed by atoms with E-state index in [0.717, 1.165) is 0 Å². The first-order chi connectivity index (χ1) is 7.02. The molecular weight excluding hydrogens is 216 g/mol. The van der Waals surface area contributed by atoms with Gasteiger partial charge in [-0.15, -0.1) is 0 Å². The fourth-order valence-electron chi connectivity index (χ4n) is 1.02. The van der Waals surface area contributed by atoms with E-state index in [1.54, 1.807) is 32.2 Å². The van der Waals surface area contributed by atoms with E-state index in [2.05, 4.69) is 15.7 Å². The van der Waals surface area contributed by atoms with E-state index in [1.807, 2.05) is 0 Å². The van der Waals surface area contributed by atoms with Crippen LogP contribution < -0.4 is 10.7 Å². The summed E-state index contributed by atoms with van der Waals surface area (Å²) in [6.07, 6.45) is 0. The van der Waals surface area contributed by atoms with E-state index in [4.69, 9.17) is 11.6 Å². The van der Waals surface area contributed by atoms with Crippen molar-refractivity contribution in [3.05, 3.63) is 22.8 Å². The van der Waals surface area contributed by atoms with Crippen LogP contribution in [0.15, 0.2) is 12.1 Å². The Morgan fingerprint density at radius 2 is 2.13 bits per heavy atom. The standard InChI is InChI=1S/C9H13ClN4O/c1-11-8-5-6(4-7(10)12-8)9(15)13-14(2)3/h4-5H,1-3H3,(H,11,12)(H,13,15). The summed E-state index contributed by atoms with van der Waals surface area (Å²) >= 11 is 5.76. The maximum absolute atomic E-state index is 11.6. The van der Waals surface area contributed by atoms with Crippen LogP contribution in [0.25, 0.3) is 0 Å². The molecule has 0 bridgehead atoms. The number of hydrogen-bond acceptors (Lipinski definition) is 4. The number of halogens is 1. The maximum Gasteiger partial charge on any atom is 0.265 e. The van der Waals surface area contributed by atoms with Gasteiger partial charge in [0.15, 0.2) is 0 Å². The third kappa shape index (κ3) is 3.38. The normalized spacial score (nSPS) is 10.2. The molecule has 0 radical (unpaired) electrons. The third-order valence-corrected chi connectivity index (χ3v) is 1.83. The quantitative estimate of drug-likeness (QED) is 0.598. The van der Waals surface area contributed by atoms with Crippen molar-refractivity contribution in [2.45, 2.75) is 0 Å². The second kappa shape index (κ2) is 4.95. The smallest absolute Gasteiger partial charge is 0.265 e. The Morgan fingerprint density at radius 1 is 1.47 bits per heavy atom. The van der Waals surface area contributed by atoms with Crippen molar-refractivity contribution in [3.63, 3.8) is 0 Å². The molecule has 6 heteroatoms. The largest absolute Gasteiger partial charge is 0.373 e. The van der Waals surface area contributed by atoms with Gasteiger partial charge >= 0.3 is 0 Å². The minimum atomic E-state index is -0.221. The summed E-state index contributed by atoms with van der Waals surface area (Å²) in [5.74, 6) is 0.340. The molecule has 0 saturated carbocycles. The van der Waals surface area contributed by atoms with Crippen LogP contribution >= 0.6 is 11.6 Å². The van der Waals surface area contributed by atoms with E-state index >= 15 is 0 Å². The van der Waals surface area contributed by atoms with Gasteiger partial charge in [0.1, 0.15) is 11.0 Å². The fourth-order valence-corrected chi connectivity index (χ4v) is 1.23. The minimum Gasteiger partial charge on any atom is -0.373 e. The Bertz CT molecular complexity index is 367. The van der Waals surface area contributed by atoms with Gasteiger partial charge in [0, 0.05) is 26.7 Å². The van der Waals surface area contributed by atoms with Gasteiger partial charge in [-0.1, -0.05) is 11.6 Å². The van der Waals surface area contributed by atoms with Crippen LogP contribution in [-0.2, 0) is 0 Å². The van der Waals surface area contributed by atoms with Gasteiger partial charge in [-0.2, -0.15) is 0 Å². The Kier molecular flexibility index (Phi) is 3.88. The zero-order chi connectivity index (χ0) is 11.4. The molecule has 82 valence electrons. The molecular formula is C9H13ClN4O. The summed E-state index contributed by atoms with van der Waals surface area (Å²) in [6.45, 7) is 0. The van der Waals surface area contributed by atoms with Crippen molar-refractivity contribution in [2.75, 3.05) is 26.5 Å². The molecule has 0 fully saturated rings. The molecule has 1 aromatic rings. The van der Waals surface area contributed by atoms with Crippen LogP contribution in [-0.4, -0.2) is 37.0 Å². The number of nitrogens with one attached hydrogen (secondary N) is 2. The molecule has 0 aliphatic rings. The van der Waals surface area contributed by atoms with Crippen molar-refractivity contribution >= 4 is 23.3 Å². The van der Waals surface area contributed by atoms with E-state index in [9.17, 15) is 4.79 Å². The molecule has 0 aromatic carbocycles. The van der Waals surface area contributed by atoms with Gasteiger partial charge in [-0.25, -0.2) is 9.99 Å². The number of pyridine rings is 1. The number of hydrazine groups is 1. The number of anilines is 1. The molecule has 1 amide bonds. The number of amides is 1. The van der Waals surface area contributed by atoms with Gasteiger partial charge in [0.25, 0.3) is 5.91 Å². The number of hydrogen-bond donors (Lipinski definition) is 2. The Balaban J connectivity index is 2.93. The highest BCUT2D eigenvalue weighted by molar-refractivity contribution is 6.29. The van der Waals surface area contributed by atoms with Gasteiger partial charge in [-0.05, 0) is 12.1 Å². The molecule has 1 heterocycles. The minimum absolute atomic E-state index is 0.221. The summed E-state index contributed by atoms with van der Waals surface area (Å²) < 4.78 is 0. The molecule has 0 saturated heterocycles.